The number of hydrogen-bond donors (Lipinski definition) is 0. The fraction of sp³-hybridized carbons (Fsp3) is 0.350. The number of nitrogens with zero attached hydrogens (tertiary/aromatic N) is 1. The molecule has 0 saturated heterocycles. The average Bonchev–Trinajstić information content (AvgIpc) is 3.50. The van der Waals surface area contributed by atoms with E-state index >= 15 is 0 Å². The van der Waals surface area contributed by atoms with Crippen molar-refractivity contribution in [2.24, 2.45) is 0 Å². The molecule has 1 fully saturated rings. The predicted molar refractivity (Wildman–Crippen MR) is 95.5 cm³/mol. The third-order valence-electron chi connectivity index (χ3n) is 4.41. The molecule has 0 heterocycles. The SMILES string of the molecule is COc1ccc(OC)c(CN(C(=O)c2ccccc2OC(F)F)C2CC2)c1. The van der Waals surface area contributed by atoms with Gasteiger partial charge in [-0.05, 0) is 43.2 Å². The molecule has 0 unspecified atom stereocenters. The number of alkyl halides is 2. The molecule has 0 radical (unpaired) electrons. The zero-order valence-corrected chi connectivity index (χ0v) is 15.2. The average molecular weight is 377 g/mol. The fourth-order valence-corrected chi connectivity index (χ4v) is 2.94. The van der Waals surface area contributed by atoms with Crippen LogP contribution in [0.5, 0.6) is 17.2 Å². The summed E-state index contributed by atoms with van der Waals surface area (Å²) >= 11 is 0. The zero-order chi connectivity index (χ0) is 19.4. The molecule has 0 N–H and O–H groups in total. The van der Waals surface area contributed by atoms with Crippen molar-refractivity contribution in [2.45, 2.75) is 32.0 Å². The molecule has 27 heavy (non-hydrogen) atoms. The Morgan fingerprint density at radius 3 is 2.48 bits per heavy atom. The quantitative estimate of drug-likeness (QED) is 0.695. The lowest BCUT2D eigenvalue weighted by atomic mass is 10.1. The summed E-state index contributed by atoms with van der Waals surface area (Å²) < 4.78 is 40.5. The number of ether oxygens (including phenoxy) is 3. The summed E-state index contributed by atoms with van der Waals surface area (Å²) in [6.45, 7) is -2.71. The second-order valence-electron chi connectivity index (χ2n) is 6.22. The summed E-state index contributed by atoms with van der Waals surface area (Å²) in [6.07, 6.45) is 1.74. The highest BCUT2D eigenvalue weighted by atomic mass is 19.3. The van der Waals surface area contributed by atoms with Gasteiger partial charge in [0.1, 0.15) is 17.2 Å². The highest BCUT2D eigenvalue weighted by molar-refractivity contribution is 5.97. The monoisotopic (exact) mass is 377 g/mol. The maximum absolute atomic E-state index is 13.1. The van der Waals surface area contributed by atoms with Crippen LogP contribution in [0, 0.1) is 0 Å². The van der Waals surface area contributed by atoms with E-state index in [1.54, 1.807) is 43.4 Å². The van der Waals surface area contributed by atoms with Gasteiger partial charge < -0.3 is 19.1 Å². The van der Waals surface area contributed by atoms with Crippen molar-refractivity contribution in [3.05, 3.63) is 53.6 Å². The van der Waals surface area contributed by atoms with Crippen molar-refractivity contribution in [1.29, 1.82) is 0 Å². The van der Waals surface area contributed by atoms with Crippen LogP contribution in [-0.2, 0) is 6.54 Å². The number of halogens is 2. The van der Waals surface area contributed by atoms with E-state index in [4.69, 9.17) is 9.47 Å². The number of rotatable bonds is 8. The molecule has 1 amide bonds. The second-order valence-corrected chi connectivity index (χ2v) is 6.22. The lowest BCUT2D eigenvalue weighted by Gasteiger charge is -2.25. The molecule has 1 aliphatic rings. The van der Waals surface area contributed by atoms with Gasteiger partial charge in [0.2, 0.25) is 0 Å². The number of amides is 1. The summed E-state index contributed by atoms with van der Waals surface area (Å²) in [7, 11) is 3.12. The van der Waals surface area contributed by atoms with E-state index in [0.29, 0.717) is 11.5 Å². The smallest absolute Gasteiger partial charge is 0.387 e. The van der Waals surface area contributed by atoms with E-state index in [0.717, 1.165) is 18.4 Å². The van der Waals surface area contributed by atoms with Crippen LogP contribution >= 0.6 is 0 Å². The van der Waals surface area contributed by atoms with E-state index in [1.807, 2.05) is 6.07 Å². The van der Waals surface area contributed by atoms with E-state index in [-0.39, 0.29) is 29.8 Å². The van der Waals surface area contributed by atoms with Crippen LogP contribution < -0.4 is 14.2 Å². The first-order chi connectivity index (χ1) is 13.0. The molecule has 0 spiro atoms. The van der Waals surface area contributed by atoms with Crippen molar-refractivity contribution < 1.29 is 27.8 Å². The molecule has 2 aromatic carbocycles. The molecule has 0 aliphatic heterocycles. The first-order valence-electron chi connectivity index (χ1n) is 8.59. The molecular weight excluding hydrogens is 356 g/mol. The van der Waals surface area contributed by atoms with Gasteiger partial charge in [0.25, 0.3) is 5.91 Å². The fourth-order valence-electron chi connectivity index (χ4n) is 2.94. The zero-order valence-electron chi connectivity index (χ0n) is 15.2. The third kappa shape index (κ3) is 4.48. The van der Waals surface area contributed by atoms with Gasteiger partial charge in [0, 0.05) is 11.6 Å². The minimum Gasteiger partial charge on any atom is -0.497 e. The van der Waals surface area contributed by atoms with Gasteiger partial charge >= 0.3 is 6.61 Å². The van der Waals surface area contributed by atoms with E-state index in [9.17, 15) is 13.6 Å². The number of benzene rings is 2. The molecule has 0 aromatic heterocycles. The minimum absolute atomic E-state index is 0.0630. The summed E-state index contributed by atoms with van der Waals surface area (Å²) in [5, 5.41) is 0. The molecule has 7 heteroatoms. The second kappa shape index (κ2) is 8.24. The Balaban J connectivity index is 1.90. The van der Waals surface area contributed by atoms with Crippen LogP contribution in [0.25, 0.3) is 0 Å². The molecule has 2 aromatic rings. The Labute approximate surface area is 156 Å². The Morgan fingerprint density at radius 2 is 1.85 bits per heavy atom. The Hall–Kier alpha value is -2.83. The predicted octanol–water partition coefficient (Wildman–Crippen LogP) is 4.11. The molecular formula is C20H21F2NO4. The van der Waals surface area contributed by atoms with Crippen LogP contribution in [0.1, 0.15) is 28.8 Å². The van der Waals surface area contributed by atoms with Crippen molar-refractivity contribution in [2.75, 3.05) is 14.2 Å². The lowest BCUT2D eigenvalue weighted by molar-refractivity contribution is -0.0503. The molecule has 144 valence electrons. The Bertz CT molecular complexity index is 808. The van der Waals surface area contributed by atoms with Gasteiger partial charge in [-0.1, -0.05) is 12.1 Å². The van der Waals surface area contributed by atoms with Crippen LogP contribution in [0.3, 0.4) is 0 Å². The van der Waals surface area contributed by atoms with E-state index < -0.39 is 6.61 Å². The van der Waals surface area contributed by atoms with E-state index in [2.05, 4.69) is 4.74 Å². The van der Waals surface area contributed by atoms with Gasteiger partial charge in [-0.2, -0.15) is 8.78 Å². The van der Waals surface area contributed by atoms with Crippen LogP contribution in [0.4, 0.5) is 8.78 Å². The first-order valence-corrected chi connectivity index (χ1v) is 8.59. The van der Waals surface area contributed by atoms with Crippen LogP contribution in [-0.4, -0.2) is 37.7 Å². The van der Waals surface area contributed by atoms with Crippen molar-refractivity contribution in [1.82, 2.24) is 4.90 Å². The topological polar surface area (TPSA) is 48.0 Å². The molecule has 0 atom stereocenters. The molecule has 0 bridgehead atoms. The number of methoxy groups -OCH3 is 2. The minimum atomic E-state index is -2.99. The number of para-hydroxylation sites is 1. The lowest BCUT2D eigenvalue weighted by Crippen LogP contribution is -2.33. The highest BCUT2D eigenvalue weighted by Crippen LogP contribution is 2.34. The summed E-state index contributed by atoms with van der Waals surface area (Å²) in [6, 6.07) is 11.5. The van der Waals surface area contributed by atoms with Gasteiger partial charge in [0.15, 0.2) is 0 Å². The van der Waals surface area contributed by atoms with Gasteiger partial charge in [-0.15, -0.1) is 0 Å². The van der Waals surface area contributed by atoms with Gasteiger partial charge in [-0.25, -0.2) is 0 Å². The number of carbonyl (C=O) groups excluding carboxylic acids is 1. The highest BCUT2D eigenvalue weighted by Gasteiger charge is 2.35. The maximum atomic E-state index is 13.1. The standard InChI is InChI=1S/C20H21F2NO4/c1-25-15-9-10-17(26-2)13(11-15)12-23(14-7-8-14)19(24)16-5-3-4-6-18(16)27-20(21)22/h3-6,9-11,14,20H,7-8,12H2,1-2H3. The van der Waals surface area contributed by atoms with Gasteiger partial charge in [0.05, 0.1) is 26.3 Å². The largest absolute Gasteiger partial charge is 0.497 e. The normalized spacial score (nSPS) is 13.4. The summed E-state index contributed by atoms with van der Waals surface area (Å²) in [5.74, 6) is 0.807. The maximum Gasteiger partial charge on any atom is 0.387 e. The van der Waals surface area contributed by atoms with Crippen LogP contribution in [0.15, 0.2) is 42.5 Å². The van der Waals surface area contributed by atoms with Crippen LogP contribution in [0.2, 0.25) is 0 Å². The van der Waals surface area contributed by atoms with E-state index in [1.165, 1.54) is 12.1 Å². The third-order valence-corrected chi connectivity index (χ3v) is 4.41. The molecule has 1 saturated carbocycles. The summed E-state index contributed by atoms with van der Waals surface area (Å²) in [5.41, 5.74) is 0.899. The van der Waals surface area contributed by atoms with Crippen molar-refractivity contribution >= 4 is 5.91 Å². The Kier molecular flexibility index (Phi) is 5.78. The molecule has 3 rings (SSSR count). The Morgan fingerprint density at radius 1 is 1.11 bits per heavy atom. The summed E-state index contributed by atoms with van der Waals surface area (Å²) in [4.78, 5) is 14.8. The van der Waals surface area contributed by atoms with Gasteiger partial charge in [-0.3, -0.25) is 4.79 Å². The van der Waals surface area contributed by atoms with Crippen molar-refractivity contribution in [3.8, 4) is 17.2 Å². The first kappa shape index (κ1) is 18.9. The molecule has 5 nitrogen and oxygen atoms in total. The van der Waals surface area contributed by atoms with Crippen molar-refractivity contribution in [3.63, 3.8) is 0 Å². The molecule has 1 aliphatic carbocycles. The number of hydrogen-bond acceptors (Lipinski definition) is 4. The number of carbonyl (C=O) groups is 1.